The Hall–Kier alpha value is -3.19. The highest BCUT2D eigenvalue weighted by Gasteiger charge is 2.12. The van der Waals surface area contributed by atoms with Crippen molar-refractivity contribution in [3.05, 3.63) is 77.8 Å². The van der Waals surface area contributed by atoms with Crippen LogP contribution >= 0.6 is 11.8 Å². The molecule has 0 aliphatic carbocycles. The molecule has 0 bridgehead atoms. The average molecular weight is 390 g/mol. The molecular weight excluding hydrogens is 372 g/mol. The van der Waals surface area contributed by atoms with Crippen molar-refractivity contribution in [2.45, 2.75) is 18.4 Å². The maximum Gasteiger partial charge on any atom is 0.236 e. The van der Waals surface area contributed by atoms with Crippen molar-refractivity contribution in [1.29, 1.82) is 0 Å². The molecule has 0 aliphatic heterocycles. The van der Waals surface area contributed by atoms with Crippen molar-refractivity contribution >= 4 is 34.4 Å². The van der Waals surface area contributed by atoms with Crippen molar-refractivity contribution in [3.8, 4) is 0 Å². The molecule has 2 aromatic heterocycles. The van der Waals surface area contributed by atoms with E-state index in [-0.39, 0.29) is 11.7 Å². The van der Waals surface area contributed by atoms with Crippen molar-refractivity contribution in [2.75, 3.05) is 11.1 Å². The minimum absolute atomic E-state index is 0.161. The van der Waals surface area contributed by atoms with Gasteiger partial charge >= 0.3 is 0 Å². The fourth-order valence-electron chi connectivity index (χ4n) is 2.80. The standard InChI is InChI=1S/C21H18N4O2S/c1-14-11-19(25-27-14)23-20(26)13-28-21-16-9-5-6-10-17(16)22-18(24-21)12-15-7-3-2-4-8-15/h2-11H,12-13H2,1H3,(H,23,25,26). The van der Waals surface area contributed by atoms with Crippen LogP contribution in [0.4, 0.5) is 5.82 Å². The van der Waals surface area contributed by atoms with Gasteiger partial charge in [0.15, 0.2) is 5.82 Å². The molecule has 0 fully saturated rings. The number of hydrogen-bond donors (Lipinski definition) is 1. The second-order valence-corrected chi connectivity index (χ2v) is 7.25. The zero-order valence-electron chi connectivity index (χ0n) is 15.3. The number of carbonyl (C=O) groups is 1. The third-order valence-corrected chi connectivity index (χ3v) is 5.05. The van der Waals surface area contributed by atoms with Gasteiger partial charge in [-0.25, -0.2) is 9.97 Å². The second-order valence-electron chi connectivity index (χ2n) is 6.28. The highest BCUT2D eigenvalue weighted by atomic mass is 32.2. The van der Waals surface area contributed by atoms with E-state index in [1.54, 1.807) is 13.0 Å². The number of carbonyl (C=O) groups excluding carboxylic acids is 1. The minimum Gasteiger partial charge on any atom is -0.360 e. The van der Waals surface area contributed by atoms with Gasteiger partial charge in [0.05, 0.1) is 11.3 Å². The summed E-state index contributed by atoms with van der Waals surface area (Å²) in [7, 11) is 0. The highest BCUT2D eigenvalue weighted by Crippen LogP contribution is 2.26. The van der Waals surface area contributed by atoms with Crippen LogP contribution in [0.2, 0.25) is 0 Å². The van der Waals surface area contributed by atoms with E-state index in [9.17, 15) is 4.79 Å². The maximum absolute atomic E-state index is 12.3. The fraction of sp³-hybridized carbons (Fsp3) is 0.143. The molecule has 0 saturated carbocycles. The number of rotatable bonds is 6. The van der Waals surface area contributed by atoms with Crippen molar-refractivity contribution < 1.29 is 9.32 Å². The SMILES string of the molecule is Cc1cc(NC(=O)CSc2nc(Cc3ccccc3)nc3ccccc23)no1. The smallest absolute Gasteiger partial charge is 0.236 e. The molecule has 0 radical (unpaired) electrons. The number of fused-ring (bicyclic) bond motifs is 1. The Morgan fingerprint density at radius 3 is 2.64 bits per heavy atom. The largest absolute Gasteiger partial charge is 0.360 e. The van der Waals surface area contributed by atoms with E-state index < -0.39 is 0 Å². The van der Waals surface area contributed by atoms with E-state index in [2.05, 4.69) is 27.6 Å². The second kappa shape index (κ2) is 8.22. The predicted octanol–water partition coefficient (Wildman–Crippen LogP) is 4.25. The lowest BCUT2D eigenvalue weighted by Crippen LogP contribution is -2.14. The Kier molecular flexibility index (Phi) is 5.34. The van der Waals surface area contributed by atoms with Gasteiger partial charge in [-0.1, -0.05) is 65.4 Å². The van der Waals surface area contributed by atoms with Crippen molar-refractivity contribution in [2.24, 2.45) is 0 Å². The lowest BCUT2D eigenvalue weighted by molar-refractivity contribution is -0.113. The Morgan fingerprint density at radius 1 is 1.07 bits per heavy atom. The number of nitrogens with one attached hydrogen (secondary N) is 1. The highest BCUT2D eigenvalue weighted by molar-refractivity contribution is 8.00. The van der Waals surface area contributed by atoms with Crippen LogP contribution in [0.3, 0.4) is 0 Å². The summed E-state index contributed by atoms with van der Waals surface area (Å²) >= 11 is 1.39. The summed E-state index contributed by atoms with van der Waals surface area (Å²) in [6.07, 6.45) is 0.643. The van der Waals surface area contributed by atoms with Crippen LogP contribution in [-0.4, -0.2) is 26.8 Å². The summed E-state index contributed by atoms with van der Waals surface area (Å²) < 4.78 is 4.97. The topological polar surface area (TPSA) is 80.9 Å². The Bertz CT molecular complexity index is 1110. The van der Waals surface area contributed by atoms with Gasteiger partial charge in [-0.05, 0) is 18.6 Å². The summed E-state index contributed by atoms with van der Waals surface area (Å²) in [4.78, 5) is 21.6. The third-order valence-electron chi connectivity index (χ3n) is 4.06. The molecule has 0 atom stereocenters. The number of benzene rings is 2. The summed E-state index contributed by atoms with van der Waals surface area (Å²) in [5.41, 5.74) is 2.02. The first kappa shape index (κ1) is 18.2. The monoisotopic (exact) mass is 390 g/mol. The van der Waals surface area contributed by atoms with E-state index in [1.807, 2.05) is 42.5 Å². The van der Waals surface area contributed by atoms with Crippen LogP contribution in [-0.2, 0) is 11.2 Å². The molecule has 4 rings (SSSR count). The van der Waals surface area contributed by atoms with Crippen LogP contribution in [0, 0.1) is 6.92 Å². The third kappa shape index (κ3) is 4.37. The molecule has 0 unspecified atom stereocenters. The summed E-state index contributed by atoms with van der Waals surface area (Å²) in [6.45, 7) is 1.78. The van der Waals surface area contributed by atoms with Crippen LogP contribution in [0.15, 0.2) is 70.2 Å². The normalized spacial score (nSPS) is 10.9. The molecule has 1 N–H and O–H groups in total. The molecule has 7 heteroatoms. The molecule has 140 valence electrons. The van der Waals surface area contributed by atoms with E-state index in [0.29, 0.717) is 18.0 Å². The number of anilines is 1. The summed E-state index contributed by atoms with van der Waals surface area (Å²) in [5.74, 6) is 1.86. The number of thioether (sulfide) groups is 1. The molecule has 0 spiro atoms. The first-order chi connectivity index (χ1) is 13.7. The Labute approximate surface area is 166 Å². The molecule has 2 aromatic carbocycles. The fourth-order valence-corrected chi connectivity index (χ4v) is 3.64. The maximum atomic E-state index is 12.3. The first-order valence-electron chi connectivity index (χ1n) is 8.83. The van der Waals surface area contributed by atoms with Gasteiger partial charge in [-0.3, -0.25) is 4.79 Å². The summed E-state index contributed by atoms with van der Waals surface area (Å²) in [5, 5.41) is 8.24. The number of aryl methyl sites for hydroxylation is 1. The number of hydrogen-bond acceptors (Lipinski definition) is 6. The van der Waals surface area contributed by atoms with Gasteiger partial charge in [0.1, 0.15) is 16.6 Å². The van der Waals surface area contributed by atoms with Crippen LogP contribution < -0.4 is 5.32 Å². The van der Waals surface area contributed by atoms with Crippen molar-refractivity contribution in [1.82, 2.24) is 15.1 Å². The molecule has 28 heavy (non-hydrogen) atoms. The quantitative estimate of drug-likeness (QED) is 0.392. The molecule has 2 heterocycles. The van der Waals surface area contributed by atoms with Crippen LogP contribution in [0.25, 0.3) is 10.9 Å². The van der Waals surface area contributed by atoms with E-state index >= 15 is 0 Å². The number of para-hydroxylation sites is 1. The lowest BCUT2D eigenvalue weighted by atomic mass is 10.1. The molecular formula is C21H18N4O2S. The molecule has 0 saturated heterocycles. The van der Waals surface area contributed by atoms with Gasteiger partial charge in [-0.2, -0.15) is 0 Å². The van der Waals surface area contributed by atoms with Gasteiger partial charge in [-0.15, -0.1) is 0 Å². The zero-order valence-corrected chi connectivity index (χ0v) is 16.1. The number of nitrogens with zero attached hydrogens (tertiary/aromatic N) is 3. The molecule has 0 aliphatic rings. The minimum atomic E-state index is -0.161. The van der Waals surface area contributed by atoms with Gasteiger partial charge < -0.3 is 9.84 Å². The average Bonchev–Trinajstić information content (AvgIpc) is 3.11. The van der Waals surface area contributed by atoms with Crippen LogP contribution in [0.5, 0.6) is 0 Å². The first-order valence-corrected chi connectivity index (χ1v) is 9.81. The van der Waals surface area contributed by atoms with Gasteiger partial charge in [0, 0.05) is 17.9 Å². The van der Waals surface area contributed by atoms with E-state index in [0.717, 1.165) is 27.3 Å². The molecule has 4 aromatic rings. The number of amides is 1. The van der Waals surface area contributed by atoms with E-state index in [4.69, 9.17) is 9.51 Å². The van der Waals surface area contributed by atoms with E-state index in [1.165, 1.54) is 11.8 Å². The number of aromatic nitrogens is 3. The zero-order chi connectivity index (χ0) is 19.3. The lowest BCUT2D eigenvalue weighted by Gasteiger charge is -2.08. The van der Waals surface area contributed by atoms with Gasteiger partial charge in [0.2, 0.25) is 5.91 Å². The molecule has 6 nitrogen and oxygen atoms in total. The van der Waals surface area contributed by atoms with Gasteiger partial charge in [0.25, 0.3) is 0 Å². The van der Waals surface area contributed by atoms with Crippen LogP contribution in [0.1, 0.15) is 17.1 Å². The molecule has 1 amide bonds. The van der Waals surface area contributed by atoms with Crippen molar-refractivity contribution in [3.63, 3.8) is 0 Å². The Balaban J connectivity index is 1.54. The predicted molar refractivity (Wildman–Crippen MR) is 109 cm³/mol. The summed E-state index contributed by atoms with van der Waals surface area (Å²) in [6, 6.07) is 19.6. The Morgan fingerprint density at radius 2 is 1.86 bits per heavy atom.